The van der Waals surface area contributed by atoms with Crippen LogP contribution in [0.15, 0.2) is 18.2 Å². The number of sulfonamides is 1. The molecule has 4 nitrogen and oxygen atoms in total. The van der Waals surface area contributed by atoms with Crippen molar-refractivity contribution in [2.24, 2.45) is 5.73 Å². The first-order valence-electron chi connectivity index (χ1n) is 4.59. The van der Waals surface area contributed by atoms with Gasteiger partial charge in [0.2, 0.25) is 10.0 Å². The van der Waals surface area contributed by atoms with Crippen LogP contribution in [-0.2, 0) is 16.6 Å². The topological polar surface area (TPSA) is 63.4 Å². The minimum Gasteiger partial charge on any atom is -0.326 e. The van der Waals surface area contributed by atoms with Gasteiger partial charge in [-0.25, -0.2) is 8.42 Å². The lowest BCUT2D eigenvalue weighted by molar-refractivity contribution is 0.600. The van der Waals surface area contributed by atoms with Crippen molar-refractivity contribution in [3.63, 3.8) is 0 Å². The molecule has 1 aromatic rings. The summed E-state index contributed by atoms with van der Waals surface area (Å²) in [5.74, 6) is 0. The SMILES string of the molecule is Cc1ccc(CN)cc1N(C)S(C)(=O)=O. The van der Waals surface area contributed by atoms with Crippen LogP contribution in [0.1, 0.15) is 11.1 Å². The summed E-state index contributed by atoms with van der Waals surface area (Å²) < 4.78 is 24.0. The summed E-state index contributed by atoms with van der Waals surface area (Å²) in [5.41, 5.74) is 8.03. The van der Waals surface area contributed by atoms with Crippen LogP contribution >= 0.6 is 0 Å². The van der Waals surface area contributed by atoms with E-state index in [1.165, 1.54) is 17.6 Å². The van der Waals surface area contributed by atoms with Gasteiger partial charge in [-0.3, -0.25) is 4.31 Å². The second-order valence-electron chi connectivity index (χ2n) is 3.56. The van der Waals surface area contributed by atoms with Crippen molar-refractivity contribution < 1.29 is 8.42 Å². The molecule has 0 aromatic heterocycles. The van der Waals surface area contributed by atoms with Crippen LogP contribution in [0, 0.1) is 6.92 Å². The van der Waals surface area contributed by atoms with E-state index in [0.29, 0.717) is 12.2 Å². The normalized spacial score (nSPS) is 11.5. The number of anilines is 1. The van der Waals surface area contributed by atoms with Gasteiger partial charge in [0, 0.05) is 13.6 Å². The molecule has 0 heterocycles. The van der Waals surface area contributed by atoms with Gasteiger partial charge < -0.3 is 5.73 Å². The first-order valence-corrected chi connectivity index (χ1v) is 6.44. The lowest BCUT2D eigenvalue weighted by Crippen LogP contribution is -2.25. The van der Waals surface area contributed by atoms with Crippen LogP contribution in [0.2, 0.25) is 0 Å². The van der Waals surface area contributed by atoms with E-state index in [1.54, 1.807) is 6.07 Å². The fraction of sp³-hybridized carbons (Fsp3) is 0.400. The van der Waals surface area contributed by atoms with Gasteiger partial charge in [0.15, 0.2) is 0 Å². The first kappa shape index (κ1) is 12.0. The molecule has 0 spiro atoms. The Bertz CT molecular complexity index is 454. The maximum absolute atomic E-state index is 11.4. The van der Waals surface area contributed by atoms with Gasteiger partial charge in [-0.1, -0.05) is 12.1 Å². The van der Waals surface area contributed by atoms with Crippen LogP contribution in [0.4, 0.5) is 5.69 Å². The molecule has 0 saturated carbocycles. The highest BCUT2D eigenvalue weighted by Crippen LogP contribution is 2.22. The summed E-state index contributed by atoms with van der Waals surface area (Å²) in [5, 5.41) is 0. The monoisotopic (exact) mass is 228 g/mol. The van der Waals surface area contributed by atoms with Crippen molar-refractivity contribution in [1.82, 2.24) is 0 Å². The summed E-state index contributed by atoms with van der Waals surface area (Å²) in [7, 11) is -1.67. The molecule has 0 bridgehead atoms. The van der Waals surface area contributed by atoms with E-state index >= 15 is 0 Å². The maximum atomic E-state index is 11.4. The fourth-order valence-electron chi connectivity index (χ4n) is 1.30. The van der Waals surface area contributed by atoms with Crippen LogP contribution in [0.5, 0.6) is 0 Å². The van der Waals surface area contributed by atoms with Gasteiger partial charge in [-0.2, -0.15) is 0 Å². The van der Waals surface area contributed by atoms with E-state index in [0.717, 1.165) is 11.1 Å². The van der Waals surface area contributed by atoms with Crippen LogP contribution < -0.4 is 10.0 Å². The molecule has 0 aliphatic heterocycles. The van der Waals surface area contributed by atoms with Gasteiger partial charge >= 0.3 is 0 Å². The third-order valence-electron chi connectivity index (χ3n) is 2.35. The molecule has 0 saturated heterocycles. The Kier molecular flexibility index (Phi) is 3.36. The Morgan fingerprint density at radius 1 is 1.40 bits per heavy atom. The van der Waals surface area contributed by atoms with Gasteiger partial charge in [-0.05, 0) is 24.1 Å². The number of nitrogens with two attached hydrogens (primary N) is 1. The third-order valence-corrected chi connectivity index (χ3v) is 3.54. The molecule has 0 fully saturated rings. The van der Waals surface area contributed by atoms with E-state index in [-0.39, 0.29) is 0 Å². The predicted octanol–water partition coefficient (Wildman–Crippen LogP) is 0.850. The second-order valence-corrected chi connectivity index (χ2v) is 5.57. The summed E-state index contributed by atoms with van der Waals surface area (Å²) >= 11 is 0. The Balaban J connectivity index is 3.24. The number of rotatable bonds is 3. The zero-order chi connectivity index (χ0) is 11.6. The summed E-state index contributed by atoms with van der Waals surface area (Å²) in [6.07, 6.45) is 1.18. The van der Waals surface area contributed by atoms with Crippen LogP contribution in [-0.4, -0.2) is 21.7 Å². The van der Waals surface area contributed by atoms with Crippen LogP contribution in [0.25, 0.3) is 0 Å². The molecule has 0 aliphatic carbocycles. The molecule has 0 atom stereocenters. The molecule has 0 radical (unpaired) electrons. The molecule has 0 aliphatic rings. The molecule has 0 unspecified atom stereocenters. The molecule has 2 N–H and O–H groups in total. The van der Waals surface area contributed by atoms with E-state index in [9.17, 15) is 8.42 Å². The van der Waals surface area contributed by atoms with Crippen molar-refractivity contribution in [1.29, 1.82) is 0 Å². The number of hydrogen-bond acceptors (Lipinski definition) is 3. The molecule has 1 rings (SSSR count). The van der Waals surface area contributed by atoms with Crippen molar-refractivity contribution in [2.75, 3.05) is 17.6 Å². The Hall–Kier alpha value is -1.07. The van der Waals surface area contributed by atoms with Crippen LogP contribution in [0.3, 0.4) is 0 Å². The molecule has 1 aromatic carbocycles. The molecular weight excluding hydrogens is 212 g/mol. The van der Waals surface area contributed by atoms with E-state index in [4.69, 9.17) is 5.73 Å². The van der Waals surface area contributed by atoms with Crippen molar-refractivity contribution in [2.45, 2.75) is 13.5 Å². The predicted molar refractivity (Wildman–Crippen MR) is 62.3 cm³/mol. The smallest absolute Gasteiger partial charge is 0.232 e. The zero-order valence-corrected chi connectivity index (χ0v) is 10.0. The van der Waals surface area contributed by atoms with Crippen molar-refractivity contribution >= 4 is 15.7 Å². The van der Waals surface area contributed by atoms with Crippen molar-refractivity contribution in [3.05, 3.63) is 29.3 Å². The average Bonchev–Trinajstić information content (AvgIpc) is 2.16. The number of aryl methyl sites for hydroxylation is 1. The Morgan fingerprint density at radius 3 is 2.47 bits per heavy atom. The highest BCUT2D eigenvalue weighted by atomic mass is 32.2. The molecule has 0 amide bonds. The van der Waals surface area contributed by atoms with E-state index in [2.05, 4.69) is 0 Å². The molecule has 5 heteroatoms. The number of benzene rings is 1. The summed E-state index contributed by atoms with van der Waals surface area (Å²) in [6.45, 7) is 2.28. The summed E-state index contributed by atoms with van der Waals surface area (Å²) in [4.78, 5) is 0. The van der Waals surface area contributed by atoms with Gasteiger partial charge in [0.1, 0.15) is 0 Å². The number of hydrogen-bond donors (Lipinski definition) is 1. The third kappa shape index (κ3) is 2.70. The summed E-state index contributed by atoms with van der Waals surface area (Å²) in [6, 6.07) is 5.57. The minimum absolute atomic E-state index is 0.408. The lowest BCUT2D eigenvalue weighted by atomic mass is 10.1. The Labute approximate surface area is 90.8 Å². The van der Waals surface area contributed by atoms with E-state index in [1.807, 2.05) is 19.1 Å². The quantitative estimate of drug-likeness (QED) is 0.834. The highest BCUT2D eigenvalue weighted by molar-refractivity contribution is 7.92. The van der Waals surface area contributed by atoms with E-state index < -0.39 is 10.0 Å². The second kappa shape index (κ2) is 4.20. The molecule has 84 valence electrons. The Morgan fingerprint density at radius 2 is 2.00 bits per heavy atom. The fourth-order valence-corrected chi connectivity index (χ4v) is 1.85. The van der Waals surface area contributed by atoms with Crippen molar-refractivity contribution in [3.8, 4) is 0 Å². The van der Waals surface area contributed by atoms with Gasteiger partial charge in [0.25, 0.3) is 0 Å². The lowest BCUT2D eigenvalue weighted by Gasteiger charge is -2.19. The first-order chi connectivity index (χ1) is 6.86. The molecular formula is C10H16N2O2S. The highest BCUT2D eigenvalue weighted by Gasteiger charge is 2.14. The maximum Gasteiger partial charge on any atom is 0.232 e. The van der Waals surface area contributed by atoms with Gasteiger partial charge in [0.05, 0.1) is 11.9 Å². The zero-order valence-electron chi connectivity index (χ0n) is 9.19. The minimum atomic E-state index is -3.21. The average molecular weight is 228 g/mol. The molecule has 15 heavy (non-hydrogen) atoms. The standard InChI is InChI=1S/C10H16N2O2S/c1-8-4-5-9(7-11)6-10(8)12(2)15(3,13)14/h4-6H,7,11H2,1-3H3. The number of nitrogens with zero attached hydrogens (tertiary/aromatic N) is 1. The van der Waals surface area contributed by atoms with Gasteiger partial charge in [-0.15, -0.1) is 0 Å². The largest absolute Gasteiger partial charge is 0.326 e.